The first-order valence-electron chi connectivity index (χ1n) is 8.09. The van der Waals surface area contributed by atoms with E-state index in [0.29, 0.717) is 12.0 Å². The molecule has 0 saturated heterocycles. The summed E-state index contributed by atoms with van der Waals surface area (Å²) in [5.41, 5.74) is 1.40. The summed E-state index contributed by atoms with van der Waals surface area (Å²) in [5.74, 6) is 0.688. The molecule has 21 heavy (non-hydrogen) atoms. The minimum Gasteiger partial charge on any atom is -0.396 e. The van der Waals surface area contributed by atoms with Gasteiger partial charge in [0.25, 0.3) is 0 Å². The van der Waals surface area contributed by atoms with E-state index in [9.17, 15) is 5.26 Å². The van der Waals surface area contributed by atoms with E-state index in [2.05, 4.69) is 48.2 Å². The highest BCUT2D eigenvalue weighted by Crippen LogP contribution is 2.38. The van der Waals surface area contributed by atoms with Crippen LogP contribution in [0.1, 0.15) is 44.1 Å². The molecule has 1 aliphatic carbocycles. The standard InChI is InChI=1S/C18H26N2O/c1-2-20(11-6-12-21)18-13-16(9-10-17(18)14-19)15-7-4-3-5-8-15/h3-5,7-8,16-18,21H,2,6,9-13H2,1H3. The van der Waals surface area contributed by atoms with Crippen molar-refractivity contribution in [1.29, 1.82) is 5.26 Å². The summed E-state index contributed by atoms with van der Waals surface area (Å²) in [6, 6.07) is 13.5. The van der Waals surface area contributed by atoms with Gasteiger partial charge in [-0.1, -0.05) is 37.3 Å². The first kappa shape index (κ1) is 16.0. The Hall–Kier alpha value is -1.37. The molecule has 3 unspecified atom stereocenters. The predicted molar refractivity (Wildman–Crippen MR) is 84.9 cm³/mol. The Morgan fingerprint density at radius 2 is 2.05 bits per heavy atom. The first-order valence-corrected chi connectivity index (χ1v) is 8.09. The number of rotatable bonds is 6. The monoisotopic (exact) mass is 286 g/mol. The third-order valence-corrected chi connectivity index (χ3v) is 4.73. The third-order valence-electron chi connectivity index (χ3n) is 4.73. The minimum atomic E-state index is 0.128. The van der Waals surface area contributed by atoms with Crippen molar-refractivity contribution in [2.75, 3.05) is 19.7 Å². The summed E-state index contributed by atoms with van der Waals surface area (Å²) in [4.78, 5) is 2.39. The molecule has 0 radical (unpaired) electrons. The highest BCUT2D eigenvalue weighted by molar-refractivity contribution is 5.21. The molecule has 0 heterocycles. The maximum atomic E-state index is 9.46. The second kappa shape index (κ2) is 8.17. The molecular weight excluding hydrogens is 260 g/mol. The molecule has 1 aromatic rings. The Bertz CT molecular complexity index is 454. The summed E-state index contributed by atoms with van der Waals surface area (Å²) in [6.45, 7) is 4.21. The van der Waals surface area contributed by atoms with Crippen molar-refractivity contribution in [1.82, 2.24) is 4.90 Å². The van der Waals surface area contributed by atoms with Crippen molar-refractivity contribution < 1.29 is 5.11 Å². The van der Waals surface area contributed by atoms with Crippen LogP contribution in [0.15, 0.2) is 30.3 Å². The zero-order chi connectivity index (χ0) is 15.1. The van der Waals surface area contributed by atoms with Gasteiger partial charge in [0, 0.05) is 19.2 Å². The molecule has 0 amide bonds. The normalized spacial score (nSPS) is 25.7. The van der Waals surface area contributed by atoms with E-state index in [0.717, 1.165) is 38.8 Å². The van der Waals surface area contributed by atoms with Crippen LogP contribution in [0.25, 0.3) is 0 Å². The van der Waals surface area contributed by atoms with Gasteiger partial charge in [-0.05, 0) is 43.7 Å². The van der Waals surface area contributed by atoms with Gasteiger partial charge in [-0.25, -0.2) is 0 Å². The van der Waals surface area contributed by atoms with E-state index in [4.69, 9.17) is 5.11 Å². The van der Waals surface area contributed by atoms with Crippen molar-refractivity contribution in [2.24, 2.45) is 5.92 Å². The fourth-order valence-corrected chi connectivity index (χ4v) is 3.56. The Kier molecular flexibility index (Phi) is 6.22. The maximum absolute atomic E-state index is 9.46. The van der Waals surface area contributed by atoms with Crippen LogP contribution in [0.5, 0.6) is 0 Å². The number of hydrogen-bond acceptors (Lipinski definition) is 3. The van der Waals surface area contributed by atoms with Crippen molar-refractivity contribution >= 4 is 0 Å². The largest absolute Gasteiger partial charge is 0.396 e. The molecule has 2 rings (SSSR count). The SMILES string of the molecule is CCN(CCCO)C1CC(c2ccccc2)CCC1C#N. The van der Waals surface area contributed by atoms with Crippen LogP contribution in [-0.2, 0) is 0 Å². The van der Waals surface area contributed by atoms with E-state index >= 15 is 0 Å². The molecule has 3 nitrogen and oxygen atoms in total. The fourth-order valence-electron chi connectivity index (χ4n) is 3.56. The van der Waals surface area contributed by atoms with Gasteiger partial charge in [-0.15, -0.1) is 0 Å². The van der Waals surface area contributed by atoms with Gasteiger partial charge in [-0.2, -0.15) is 5.26 Å². The third kappa shape index (κ3) is 4.06. The van der Waals surface area contributed by atoms with Crippen LogP contribution in [0.3, 0.4) is 0 Å². The molecule has 1 N–H and O–H groups in total. The number of aliphatic hydroxyl groups is 1. The zero-order valence-corrected chi connectivity index (χ0v) is 12.9. The molecule has 1 aliphatic rings. The molecule has 3 heteroatoms. The minimum absolute atomic E-state index is 0.128. The van der Waals surface area contributed by atoms with E-state index < -0.39 is 0 Å². The van der Waals surface area contributed by atoms with Gasteiger partial charge < -0.3 is 5.11 Å². The van der Waals surface area contributed by atoms with E-state index in [-0.39, 0.29) is 12.5 Å². The van der Waals surface area contributed by atoms with E-state index in [1.54, 1.807) is 0 Å². The Morgan fingerprint density at radius 1 is 1.29 bits per heavy atom. The first-order chi connectivity index (χ1) is 10.3. The molecule has 1 fully saturated rings. The topological polar surface area (TPSA) is 47.3 Å². The van der Waals surface area contributed by atoms with Crippen LogP contribution in [0, 0.1) is 17.2 Å². The molecule has 0 aliphatic heterocycles. The highest BCUT2D eigenvalue weighted by atomic mass is 16.3. The lowest BCUT2D eigenvalue weighted by Gasteiger charge is -2.40. The molecule has 1 saturated carbocycles. The summed E-state index contributed by atoms with van der Waals surface area (Å²) in [6.07, 6.45) is 3.94. The summed E-state index contributed by atoms with van der Waals surface area (Å²) in [5, 5.41) is 18.5. The fraction of sp³-hybridized carbons (Fsp3) is 0.611. The smallest absolute Gasteiger partial charge is 0.0672 e. The van der Waals surface area contributed by atoms with Gasteiger partial charge >= 0.3 is 0 Å². The van der Waals surface area contributed by atoms with Gasteiger partial charge in [0.1, 0.15) is 0 Å². The number of nitrogens with zero attached hydrogens (tertiary/aromatic N) is 2. The summed E-state index contributed by atoms with van der Waals surface area (Å²) in [7, 11) is 0. The summed E-state index contributed by atoms with van der Waals surface area (Å²) >= 11 is 0. The predicted octanol–water partition coefficient (Wildman–Crippen LogP) is 3.17. The van der Waals surface area contributed by atoms with Crippen molar-refractivity contribution in [3.05, 3.63) is 35.9 Å². The van der Waals surface area contributed by atoms with Gasteiger partial charge in [0.15, 0.2) is 0 Å². The van der Waals surface area contributed by atoms with Gasteiger partial charge in [0.2, 0.25) is 0 Å². The molecule has 1 aromatic carbocycles. The number of hydrogen-bond donors (Lipinski definition) is 1. The maximum Gasteiger partial charge on any atom is 0.0672 e. The van der Waals surface area contributed by atoms with E-state index in [1.807, 2.05) is 0 Å². The lowest BCUT2D eigenvalue weighted by molar-refractivity contribution is 0.114. The molecule has 0 bridgehead atoms. The second-order valence-electron chi connectivity index (χ2n) is 5.93. The van der Waals surface area contributed by atoms with Crippen LogP contribution in [0.2, 0.25) is 0 Å². The van der Waals surface area contributed by atoms with Gasteiger partial charge in [-0.3, -0.25) is 4.90 Å². The lowest BCUT2D eigenvalue weighted by atomic mass is 9.75. The van der Waals surface area contributed by atoms with Crippen LogP contribution < -0.4 is 0 Å². The average Bonchev–Trinajstić information content (AvgIpc) is 2.56. The van der Waals surface area contributed by atoms with E-state index in [1.165, 1.54) is 5.56 Å². The van der Waals surface area contributed by atoms with Crippen molar-refractivity contribution in [2.45, 2.75) is 44.6 Å². The molecule has 3 atom stereocenters. The van der Waals surface area contributed by atoms with Crippen molar-refractivity contribution in [3.8, 4) is 6.07 Å². The number of aliphatic hydroxyl groups excluding tert-OH is 1. The van der Waals surface area contributed by atoms with Crippen molar-refractivity contribution in [3.63, 3.8) is 0 Å². The number of benzene rings is 1. The molecule has 0 spiro atoms. The number of nitriles is 1. The zero-order valence-electron chi connectivity index (χ0n) is 12.9. The van der Waals surface area contributed by atoms with Gasteiger partial charge in [0.05, 0.1) is 12.0 Å². The average molecular weight is 286 g/mol. The Labute approximate surface area is 128 Å². The second-order valence-corrected chi connectivity index (χ2v) is 5.93. The molecule has 114 valence electrons. The molecule has 0 aromatic heterocycles. The lowest BCUT2D eigenvalue weighted by Crippen LogP contribution is -2.44. The Balaban J connectivity index is 2.10. The quantitative estimate of drug-likeness (QED) is 0.873. The van der Waals surface area contributed by atoms with Crippen LogP contribution in [0.4, 0.5) is 0 Å². The summed E-state index contributed by atoms with van der Waals surface area (Å²) < 4.78 is 0. The highest BCUT2D eigenvalue weighted by Gasteiger charge is 2.34. The van der Waals surface area contributed by atoms with Crippen LogP contribution >= 0.6 is 0 Å². The van der Waals surface area contributed by atoms with Crippen LogP contribution in [-0.4, -0.2) is 35.7 Å². The molecular formula is C18H26N2O. The Morgan fingerprint density at radius 3 is 2.67 bits per heavy atom.